The van der Waals surface area contributed by atoms with Crippen LogP contribution in [0, 0.1) is 0 Å². The molecule has 7 heteroatoms. The third kappa shape index (κ3) is 1.91. The molecule has 0 bridgehead atoms. The molecule has 0 aromatic carbocycles. The molecule has 0 spiro atoms. The van der Waals surface area contributed by atoms with Crippen LogP contribution < -0.4 is 11.4 Å². The predicted molar refractivity (Wildman–Crippen MR) is 57.8 cm³/mol. The molecule has 2 rings (SSSR count). The van der Waals surface area contributed by atoms with E-state index in [9.17, 15) is 4.79 Å². The van der Waals surface area contributed by atoms with Crippen LogP contribution in [0.3, 0.4) is 0 Å². The molecule has 6 nitrogen and oxygen atoms in total. The fraction of sp³-hybridized carbons (Fsp3) is 0.375. The highest BCUT2D eigenvalue weighted by Gasteiger charge is 2.05. The summed E-state index contributed by atoms with van der Waals surface area (Å²) in [5.41, 5.74) is 5.42. The van der Waals surface area contributed by atoms with Gasteiger partial charge in [-0.2, -0.15) is 0 Å². The highest BCUT2D eigenvalue weighted by atomic mass is 32.1. The fourth-order valence-corrected chi connectivity index (χ4v) is 1.90. The molecule has 0 saturated heterocycles. The second-order valence-corrected chi connectivity index (χ2v) is 4.12. The molecule has 0 saturated carbocycles. The van der Waals surface area contributed by atoms with E-state index in [2.05, 4.69) is 10.2 Å². The second-order valence-electron chi connectivity index (χ2n) is 3.03. The van der Waals surface area contributed by atoms with E-state index in [0.29, 0.717) is 18.2 Å². The van der Waals surface area contributed by atoms with Gasteiger partial charge in [-0.25, -0.2) is 4.79 Å². The zero-order valence-electron chi connectivity index (χ0n) is 8.25. The molecule has 2 aromatic heterocycles. The van der Waals surface area contributed by atoms with E-state index in [4.69, 9.17) is 5.73 Å². The number of rotatable bonds is 3. The standard InChI is InChI=1S/C8H11N5OS/c1-2-12-3-4-13(8(12)14)5-6-10-11-7(9)15-6/h3-4H,2,5H2,1H3,(H2,9,11). The Hall–Kier alpha value is -1.63. The molecule has 0 aliphatic carbocycles. The number of imidazole rings is 1. The average Bonchev–Trinajstić information content (AvgIpc) is 2.76. The first-order valence-electron chi connectivity index (χ1n) is 4.54. The van der Waals surface area contributed by atoms with E-state index in [0.717, 1.165) is 5.01 Å². The molecule has 2 heterocycles. The Bertz CT molecular complexity index is 511. The summed E-state index contributed by atoms with van der Waals surface area (Å²) in [6.07, 6.45) is 3.50. The van der Waals surface area contributed by atoms with Gasteiger partial charge < -0.3 is 5.73 Å². The van der Waals surface area contributed by atoms with Crippen molar-refractivity contribution in [2.75, 3.05) is 5.73 Å². The Morgan fingerprint density at radius 1 is 1.40 bits per heavy atom. The van der Waals surface area contributed by atoms with Gasteiger partial charge in [0.25, 0.3) is 0 Å². The van der Waals surface area contributed by atoms with Crippen molar-refractivity contribution in [2.45, 2.75) is 20.0 Å². The van der Waals surface area contributed by atoms with Crippen molar-refractivity contribution >= 4 is 16.5 Å². The van der Waals surface area contributed by atoms with Gasteiger partial charge in [-0.3, -0.25) is 9.13 Å². The highest BCUT2D eigenvalue weighted by molar-refractivity contribution is 7.15. The van der Waals surface area contributed by atoms with Crippen LogP contribution in [0.2, 0.25) is 0 Å². The molecule has 0 amide bonds. The Morgan fingerprint density at radius 2 is 2.13 bits per heavy atom. The first kappa shape index (κ1) is 9.91. The predicted octanol–water partition coefficient (Wildman–Crippen LogP) is 0.152. The van der Waals surface area contributed by atoms with Crippen molar-refractivity contribution in [1.29, 1.82) is 0 Å². The number of hydrogen-bond acceptors (Lipinski definition) is 5. The lowest BCUT2D eigenvalue weighted by Gasteiger charge is -1.96. The number of anilines is 1. The maximum atomic E-state index is 11.7. The van der Waals surface area contributed by atoms with Crippen LogP contribution in [0.25, 0.3) is 0 Å². The SMILES string of the molecule is CCn1ccn(Cc2nnc(N)s2)c1=O. The van der Waals surface area contributed by atoms with Gasteiger partial charge in [0.15, 0.2) is 0 Å². The summed E-state index contributed by atoms with van der Waals surface area (Å²) in [6.45, 7) is 3.03. The molecular weight excluding hydrogens is 214 g/mol. The van der Waals surface area contributed by atoms with Gasteiger partial charge >= 0.3 is 5.69 Å². The Balaban J connectivity index is 2.25. The lowest BCUT2D eigenvalue weighted by Crippen LogP contribution is -2.23. The lowest BCUT2D eigenvalue weighted by atomic mass is 10.6. The van der Waals surface area contributed by atoms with Crippen molar-refractivity contribution in [3.63, 3.8) is 0 Å². The summed E-state index contributed by atoms with van der Waals surface area (Å²) >= 11 is 1.29. The molecule has 0 aliphatic rings. The number of nitrogens with zero attached hydrogens (tertiary/aromatic N) is 4. The van der Waals surface area contributed by atoms with Gasteiger partial charge in [0.05, 0.1) is 6.54 Å². The smallest absolute Gasteiger partial charge is 0.328 e. The van der Waals surface area contributed by atoms with Gasteiger partial charge in [0.1, 0.15) is 5.01 Å². The number of aromatic nitrogens is 4. The number of hydrogen-bond donors (Lipinski definition) is 1. The molecular formula is C8H11N5OS. The quantitative estimate of drug-likeness (QED) is 0.806. The largest absolute Gasteiger partial charge is 0.374 e. The summed E-state index contributed by atoms with van der Waals surface area (Å²) in [4.78, 5) is 11.7. The van der Waals surface area contributed by atoms with Gasteiger partial charge in [0, 0.05) is 18.9 Å². The minimum atomic E-state index is -0.0359. The maximum Gasteiger partial charge on any atom is 0.328 e. The number of nitrogen functional groups attached to an aromatic ring is 1. The molecule has 0 fully saturated rings. The minimum Gasteiger partial charge on any atom is -0.374 e. The zero-order chi connectivity index (χ0) is 10.8. The van der Waals surface area contributed by atoms with Crippen LogP contribution in [0.5, 0.6) is 0 Å². The average molecular weight is 225 g/mol. The monoisotopic (exact) mass is 225 g/mol. The Kier molecular flexibility index (Phi) is 2.55. The van der Waals surface area contributed by atoms with E-state index in [-0.39, 0.29) is 5.69 Å². The van der Waals surface area contributed by atoms with Crippen molar-refractivity contribution in [3.05, 3.63) is 27.9 Å². The third-order valence-electron chi connectivity index (χ3n) is 2.05. The molecule has 80 valence electrons. The highest BCUT2D eigenvalue weighted by Crippen LogP contribution is 2.11. The summed E-state index contributed by atoms with van der Waals surface area (Å²) in [7, 11) is 0. The van der Waals surface area contributed by atoms with Crippen LogP contribution in [-0.2, 0) is 13.1 Å². The van der Waals surface area contributed by atoms with Crippen molar-refractivity contribution < 1.29 is 0 Å². The van der Waals surface area contributed by atoms with E-state index in [1.807, 2.05) is 6.92 Å². The lowest BCUT2D eigenvalue weighted by molar-refractivity contribution is 0.664. The normalized spacial score (nSPS) is 10.7. The molecule has 15 heavy (non-hydrogen) atoms. The van der Waals surface area contributed by atoms with Crippen LogP contribution in [-0.4, -0.2) is 19.3 Å². The topological polar surface area (TPSA) is 78.7 Å². The van der Waals surface area contributed by atoms with Crippen molar-refractivity contribution in [1.82, 2.24) is 19.3 Å². The molecule has 0 radical (unpaired) electrons. The summed E-state index contributed by atoms with van der Waals surface area (Å²) in [6, 6.07) is 0. The van der Waals surface area contributed by atoms with Crippen LogP contribution in [0.1, 0.15) is 11.9 Å². The van der Waals surface area contributed by atoms with E-state index in [1.165, 1.54) is 11.3 Å². The first-order valence-corrected chi connectivity index (χ1v) is 5.35. The number of aryl methyl sites for hydroxylation is 1. The van der Waals surface area contributed by atoms with Gasteiger partial charge in [-0.05, 0) is 6.92 Å². The molecule has 0 unspecified atom stereocenters. The summed E-state index contributed by atoms with van der Waals surface area (Å²) in [5.74, 6) is 0. The van der Waals surface area contributed by atoms with Gasteiger partial charge in [-0.15, -0.1) is 10.2 Å². The van der Waals surface area contributed by atoms with Crippen LogP contribution in [0.4, 0.5) is 5.13 Å². The molecule has 2 N–H and O–H groups in total. The Labute approximate surface area is 90.0 Å². The van der Waals surface area contributed by atoms with E-state index < -0.39 is 0 Å². The van der Waals surface area contributed by atoms with E-state index in [1.54, 1.807) is 21.5 Å². The van der Waals surface area contributed by atoms with Crippen molar-refractivity contribution in [3.8, 4) is 0 Å². The molecule has 2 aromatic rings. The van der Waals surface area contributed by atoms with Gasteiger partial charge in [0.2, 0.25) is 5.13 Å². The fourth-order valence-electron chi connectivity index (χ4n) is 1.29. The Morgan fingerprint density at radius 3 is 2.67 bits per heavy atom. The molecule has 0 aliphatic heterocycles. The minimum absolute atomic E-state index is 0.0359. The maximum absolute atomic E-state index is 11.7. The zero-order valence-corrected chi connectivity index (χ0v) is 9.07. The summed E-state index contributed by atoms with van der Waals surface area (Å²) < 4.78 is 3.22. The number of nitrogens with two attached hydrogens (primary N) is 1. The van der Waals surface area contributed by atoms with E-state index >= 15 is 0 Å². The van der Waals surface area contributed by atoms with Gasteiger partial charge in [-0.1, -0.05) is 11.3 Å². The first-order chi connectivity index (χ1) is 7.20. The summed E-state index contributed by atoms with van der Waals surface area (Å²) in [5, 5.41) is 8.72. The second kappa shape index (κ2) is 3.85. The third-order valence-corrected chi connectivity index (χ3v) is 2.78. The van der Waals surface area contributed by atoms with Crippen LogP contribution in [0.15, 0.2) is 17.2 Å². The molecule has 0 atom stereocenters. The van der Waals surface area contributed by atoms with Crippen molar-refractivity contribution in [2.24, 2.45) is 0 Å². The van der Waals surface area contributed by atoms with Crippen LogP contribution >= 0.6 is 11.3 Å².